The van der Waals surface area contributed by atoms with Gasteiger partial charge in [0.25, 0.3) is 5.56 Å². The summed E-state index contributed by atoms with van der Waals surface area (Å²) < 4.78 is 7.26. The Morgan fingerprint density at radius 3 is 3.08 bits per heavy atom. The van der Waals surface area contributed by atoms with Crippen molar-refractivity contribution in [3.05, 3.63) is 57.1 Å². The van der Waals surface area contributed by atoms with E-state index in [4.69, 9.17) is 4.42 Å². The van der Waals surface area contributed by atoms with E-state index in [0.29, 0.717) is 23.5 Å². The van der Waals surface area contributed by atoms with Gasteiger partial charge < -0.3 is 14.0 Å². The highest BCUT2D eigenvalue weighted by molar-refractivity contribution is 7.98. The van der Waals surface area contributed by atoms with E-state index in [0.717, 1.165) is 26.2 Å². The second-order valence-electron chi connectivity index (χ2n) is 5.59. The van der Waals surface area contributed by atoms with Crippen LogP contribution in [0, 0.1) is 13.8 Å². The first-order valence-electron chi connectivity index (χ1n) is 7.63. The van der Waals surface area contributed by atoms with Crippen molar-refractivity contribution in [3.63, 3.8) is 0 Å². The molecular weight excluding hydrogens is 358 g/mol. The monoisotopic (exact) mass is 373 g/mol. The van der Waals surface area contributed by atoms with Crippen LogP contribution in [0.5, 0.6) is 0 Å². The number of aromatic nitrogens is 5. The Hall–Kier alpha value is -2.39. The van der Waals surface area contributed by atoms with Gasteiger partial charge in [-0.3, -0.25) is 4.79 Å². The molecule has 128 valence electrons. The summed E-state index contributed by atoms with van der Waals surface area (Å²) >= 11 is 3.03. The van der Waals surface area contributed by atoms with Crippen molar-refractivity contribution in [2.24, 2.45) is 0 Å². The van der Waals surface area contributed by atoms with E-state index in [-0.39, 0.29) is 5.56 Å². The van der Waals surface area contributed by atoms with Gasteiger partial charge in [0.1, 0.15) is 22.7 Å². The number of thiophene rings is 1. The molecule has 0 bridgehead atoms. The van der Waals surface area contributed by atoms with Gasteiger partial charge in [-0.1, -0.05) is 11.8 Å². The minimum absolute atomic E-state index is 0.0838. The number of hydrogen-bond acceptors (Lipinski definition) is 7. The highest BCUT2D eigenvalue weighted by Gasteiger charge is 2.13. The number of H-pyrrole nitrogens is 1. The lowest BCUT2D eigenvalue weighted by atomic mass is 10.2. The van der Waals surface area contributed by atoms with Gasteiger partial charge in [0.15, 0.2) is 5.16 Å². The summed E-state index contributed by atoms with van der Waals surface area (Å²) in [4.78, 5) is 21.7. The Bertz CT molecular complexity index is 1080. The van der Waals surface area contributed by atoms with Crippen LogP contribution in [-0.2, 0) is 12.3 Å². The van der Waals surface area contributed by atoms with Gasteiger partial charge in [-0.15, -0.1) is 21.5 Å². The van der Waals surface area contributed by atoms with E-state index in [1.54, 1.807) is 23.9 Å². The van der Waals surface area contributed by atoms with Crippen molar-refractivity contribution in [2.75, 3.05) is 0 Å². The fourth-order valence-electron chi connectivity index (χ4n) is 2.54. The molecule has 7 nitrogen and oxygen atoms in total. The first kappa shape index (κ1) is 16.1. The Labute approximate surface area is 151 Å². The largest absolute Gasteiger partial charge is 0.467 e. The lowest BCUT2D eigenvalue weighted by molar-refractivity contribution is 0.484. The third-order valence-corrected chi connectivity index (χ3v) is 6.01. The summed E-state index contributed by atoms with van der Waals surface area (Å²) in [6.45, 7) is 4.53. The van der Waals surface area contributed by atoms with E-state index in [1.165, 1.54) is 11.8 Å². The number of fused-ring (bicyclic) bond motifs is 1. The predicted molar refractivity (Wildman–Crippen MR) is 97.1 cm³/mol. The normalized spacial score (nSPS) is 11.4. The fourth-order valence-corrected chi connectivity index (χ4v) is 4.37. The molecule has 9 heteroatoms. The fraction of sp³-hybridized carbons (Fsp3) is 0.250. The topological polar surface area (TPSA) is 89.6 Å². The molecule has 4 aromatic heterocycles. The third kappa shape index (κ3) is 3.12. The van der Waals surface area contributed by atoms with Crippen LogP contribution in [0.25, 0.3) is 10.2 Å². The lowest BCUT2D eigenvalue weighted by Crippen LogP contribution is -2.11. The zero-order valence-electron chi connectivity index (χ0n) is 13.6. The molecule has 0 aromatic carbocycles. The molecule has 0 aliphatic rings. The highest BCUT2D eigenvalue weighted by atomic mass is 32.2. The number of aryl methyl sites for hydroxylation is 2. The van der Waals surface area contributed by atoms with Crippen molar-refractivity contribution >= 4 is 33.3 Å². The maximum atomic E-state index is 12.3. The van der Waals surface area contributed by atoms with Crippen LogP contribution in [0.4, 0.5) is 0 Å². The molecule has 0 spiro atoms. The summed E-state index contributed by atoms with van der Waals surface area (Å²) in [5.74, 6) is 1.98. The maximum absolute atomic E-state index is 12.3. The zero-order chi connectivity index (χ0) is 17.4. The summed E-state index contributed by atoms with van der Waals surface area (Å²) in [5, 5.41) is 9.53. The maximum Gasteiger partial charge on any atom is 0.259 e. The van der Waals surface area contributed by atoms with Gasteiger partial charge in [0.05, 0.1) is 23.9 Å². The van der Waals surface area contributed by atoms with E-state index in [2.05, 4.69) is 20.2 Å². The van der Waals surface area contributed by atoms with Crippen molar-refractivity contribution in [2.45, 2.75) is 31.3 Å². The Kier molecular flexibility index (Phi) is 4.18. The smallest absolute Gasteiger partial charge is 0.259 e. The summed E-state index contributed by atoms with van der Waals surface area (Å²) in [5.41, 5.74) is 0.922. The molecule has 4 heterocycles. The van der Waals surface area contributed by atoms with Crippen molar-refractivity contribution in [1.82, 2.24) is 24.7 Å². The Morgan fingerprint density at radius 2 is 2.28 bits per heavy atom. The molecule has 4 aromatic rings. The van der Waals surface area contributed by atoms with E-state index < -0.39 is 0 Å². The number of nitrogens with one attached hydrogen (secondary N) is 1. The predicted octanol–water partition coefficient (Wildman–Crippen LogP) is 3.13. The summed E-state index contributed by atoms with van der Waals surface area (Å²) in [6.07, 6.45) is 3.30. The molecular formula is C16H15N5O2S2. The molecule has 0 aliphatic carbocycles. The second-order valence-corrected chi connectivity index (χ2v) is 7.73. The van der Waals surface area contributed by atoms with Gasteiger partial charge >= 0.3 is 0 Å². The minimum Gasteiger partial charge on any atom is -0.467 e. The third-order valence-electron chi connectivity index (χ3n) is 3.91. The van der Waals surface area contributed by atoms with Crippen molar-refractivity contribution in [3.8, 4) is 0 Å². The molecule has 4 rings (SSSR count). The molecule has 0 aliphatic heterocycles. The van der Waals surface area contributed by atoms with E-state index >= 15 is 0 Å². The van der Waals surface area contributed by atoms with Gasteiger partial charge in [0, 0.05) is 4.88 Å². The van der Waals surface area contributed by atoms with Crippen LogP contribution in [-0.4, -0.2) is 24.7 Å². The molecule has 1 N–H and O–H groups in total. The quantitative estimate of drug-likeness (QED) is 0.541. The number of thioether (sulfide) groups is 1. The zero-order valence-corrected chi connectivity index (χ0v) is 15.3. The van der Waals surface area contributed by atoms with Crippen LogP contribution in [0.15, 0.2) is 39.1 Å². The minimum atomic E-state index is -0.0838. The highest BCUT2D eigenvalue weighted by Crippen LogP contribution is 2.27. The van der Waals surface area contributed by atoms with Crippen LogP contribution in [0.3, 0.4) is 0 Å². The van der Waals surface area contributed by atoms with Crippen LogP contribution >= 0.6 is 23.1 Å². The average molecular weight is 373 g/mol. The average Bonchev–Trinajstić information content (AvgIpc) is 3.29. The van der Waals surface area contributed by atoms with Crippen molar-refractivity contribution in [1.29, 1.82) is 0 Å². The molecule has 0 atom stereocenters. The molecule has 25 heavy (non-hydrogen) atoms. The molecule has 0 saturated carbocycles. The number of rotatable bonds is 5. The van der Waals surface area contributed by atoms with Crippen molar-refractivity contribution < 1.29 is 4.42 Å². The molecule has 0 radical (unpaired) electrons. The van der Waals surface area contributed by atoms with Gasteiger partial charge in [-0.25, -0.2) is 4.98 Å². The molecule has 0 amide bonds. The van der Waals surface area contributed by atoms with Crippen LogP contribution in [0.1, 0.15) is 22.0 Å². The molecule has 0 unspecified atom stereocenters. The van der Waals surface area contributed by atoms with E-state index in [9.17, 15) is 4.79 Å². The van der Waals surface area contributed by atoms with Gasteiger partial charge in [0.2, 0.25) is 0 Å². The van der Waals surface area contributed by atoms with Crippen LogP contribution < -0.4 is 5.56 Å². The number of hydrogen-bond donors (Lipinski definition) is 1. The molecule has 0 saturated heterocycles. The second kappa shape index (κ2) is 6.49. The molecule has 0 fully saturated rings. The number of nitrogens with zero attached hydrogens (tertiary/aromatic N) is 4. The summed E-state index contributed by atoms with van der Waals surface area (Å²) in [6, 6.07) is 3.75. The first-order chi connectivity index (χ1) is 12.1. The SMILES string of the molecule is Cc1sc2nc(CSc3nncn3Cc3ccco3)[nH]c(=O)c2c1C. The number of furan rings is 1. The lowest BCUT2D eigenvalue weighted by Gasteiger charge is -2.04. The first-order valence-corrected chi connectivity index (χ1v) is 9.44. The van der Waals surface area contributed by atoms with Gasteiger partial charge in [-0.2, -0.15) is 0 Å². The Balaban J connectivity index is 1.55. The van der Waals surface area contributed by atoms with E-state index in [1.807, 2.05) is 30.5 Å². The number of aromatic amines is 1. The van der Waals surface area contributed by atoms with Crippen LogP contribution in [0.2, 0.25) is 0 Å². The summed E-state index contributed by atoms with van der Waals surface area (Å²) in [7, 11) is 0. The standard InChI is InChI=1S/C16H15N5O2S2/c1-9-10(2)25-15-13(9)14(22)18-12(19-15)7-24-16-20-17-8-21(16)6-11-4-3-5-23-11/h3-5,8H,6-7H2,1-2H3,(H,18,19,22). The van der Waals surface area contributed by atoms with Gasteiger partial charge in [-0.05, 0) is 31.5 Å². The Morgan fingerprint density at radius 1 is 1.40 bits per heavy atom.